The van der Waals surface area contributed by atoms with Gasteiger partial charge in [-0.1, -0.05) is 12.1 Å². The van der Waals surface area contributed by atoms with Crippen LogP contribution in [0, 0.1) is 5.51 Å². The normalized spacial score (nSPS) is 11.1. The van der Waals surface area contributed by atoms with Gasteiger partial charge in [0.1, 0.15) is 5.52 Å². The number of aromatic nitrogens is 2. The maximum atomic E-state index is 4.31. The van der Waals surface area contributed by atoms with Gasteiger partial charge >= 0.3 is 0 Å². The number of hydrogen-bond acceptors (Lipinski definition) is 3. The number of pyridine rings is 1. The molecule has 0 aliphatic rings. The molecular formula is C10H5N2S. The van der Waals surface area contributed by atoms with Crippen LogP contribution in [0.15, 0.2) is 30.5 Å². The van der Waals surface area contributed by atoms with Crippen LogP contribution in [0.1, 0.15) is 0 Å². The van der Waals surface area contributed by atoms with Crippen molar-refractivity contribution in [3.05, 3.63) is 36.0 Å². The van der Waals surface area contributed by atoms with Crippen LogP contribution >= 0.6 is 11.3 Å². The fraction of sp³-hybridized carbons (Fsp3) is 0. The maximum Gasteiger partial charge on any atom is 0.153 e. The Balaban J connectivity index is 2.65. The first-order valence-electron chi connectivity index (χ1n) is 3.95. The predicted molar refractivity (Wildman–Crippen MR) is 53.8 cm³/mol. The third-order valence-electron chi connectivity index (χ3n) is 2.02. The highest BCUT2D eigenvalue weighted by Gasteiger charge is 2.02. The molecule has 61 valence electrons. The molecule has 3 heteroatoms. The van der Waals surface area contributed by atoms with Gasteiger partial charge in [-0.05, 0) is 12.1 Å². The van der Waals surface area contributed by atoms with E-state index in [1.54, 1.807) is 6.20 Å². The van der Waals surface area contributed by atoms with Crippen LogP contribution in [0.2, 0.25) is 0 Å². The molecule has 1 radical (unpaired) electrons. The van der Waals surface area contributed by atoms with Gasteiger partial charge in [0.2, 0.25) is 0 Å². The Morgan fingerprint density at radius 3 is 3.15 bits per heavy atom. The first-order chi connectivity index (χ1) is 6.45. The Labute approximate surface area is 78.9 Å². The molecule has 2 heterocycles. The van der Waals surface area contributed by atoms with E-state index in [1.807, 2.05) is 12.1 Å². The quantitative estimate of drug-likeness (QED) is 0.538. The standard InChI is InChI=1S/C10H5N2S/c1-2-7-3-4-8-10(12-6-13-8)9(7)11-5-1/h1-5H. The predicted octanol–water partition coefficient (Wildman–Crippen LogP) is 2.64. The fourth-order valence-corrected chi connectivity index (χ4v) is 2.03. The van der Waals surface area contributed by atoms with Crippen molar-refractivity contribution < 1.29 is 0 Å². The summed E-state index contributed by atoms with van der Waals surface area (Å²) in [4.78, 5) is 8.48. The first-order valence-corrected chi connectivity index (χ1v) is 4.77. The lowest BCUT2D eigenvalue weighted by atomic mass is 10.2. The second-order valence-corrected chi connectivity index (χ2v) is 3.62. The molecule has 0 spiro atoms. The number of benzene rings is 1. The monoisotopic (exact) mass is 185 g/mol. The van der Waals surface area contributed by atoms with E-state index in [-0.39, 0.29) is 0 Å². The Hall–Kier alpha value is -1.48. The van der Waals surface area contributed by atoms with Crippen molar-refractivity contribution in [2.45, 2.75) is 0 Å². The average Bonchev–Trinajstić information content (AvgIpc) is 2.65. The molecule has 0 N–H and O–H groups in total. The molecule has 0 saturated heterocycles. The van der Waals surface area contributed by atoms with Gasteiger partial charge in [-0.25, -0.2) is 4.98 Å². The molecule has 0 aliphatic heterocycles. The van der Waals surface area contributed by atoms with Crippen molar-refractivity contribution in [1.29, 1.82) is 0 Å². The van der Waals surface area contributed by atoms with Crippen molar-refractivity contribution >= 4 is 32.5 Å². The molecule has 0 saturated carbocycles. The number of fused-ring (bicyclic) bond motifs is 3. The summed E-state index contributed by atoms with van der Waals surface area (Å²) < 4.78 is 1.14. The minimum atomic E-state index is 0.961. The van der Waals surface area contributed by atoms with E-state index >= 15 is 0 Å². The zero-order chi connectivity index (χ0) is 8.67. The molecule has 3 aromatic rings. The lowest BCUT2D eigenvalue weighted by molar-refractivity contribution is 1.40. The number of thiazole rings is 1. The van der Waals surface area contributed by atoms with E-state index in [4.69, 9.17) is 0 Å². The van der Waals surface area contributed by atoms with Crippen LogP contribution < -0.4 is 0 Å². The van der Waals surface area contributed by atoms with E-state index in [9.17, 15) is 0 Å². The summed E-state index contributed by atoms with van der Waals surface area (Å²) in [5, 5.41) is 1.13. The minimum Gasteiger partial charge on any atom is -0.254 e. The molecule has 0 aliphatic carbocycles. The second-order valence-electron chi connectivity index (χ2n) is 2.79. The highest BCUT2D eigenvalue weighted by molar-refractivity contribution is 7.16. The Morgan fingerprint density at radius 2 is 2.15 bits per heavy atom. The molecule has 3 rings (SSSR count). The molecule has 0 fully saturated rings. The van der Waals surface area contributed by atoms with Crippen molar-refractivity contribution in [3.8, 4) is 0 Å². The largest absolute Gasteiger partial charge is 0.254 e. The summed E-state index contributed by atoms with van der Waals surface area (Å²) in [5.41, 5.74) is 4.81. The van der Waals surface area contributed by atoms with Crippen LogP contribution in [0.5, 0.6) is 0 Å². The zero-order valence-electron chi connectivity index (χ0n) is 6.69. The van der Waals surface area contributed by atoms with E-state index in [0.717, 1.165) is 21.1 Å². The van der Waals surface area contributed by atoms with E-state index < -0.39 is 0 Å². The first kappa shape index (κ1) is 6.97. The number of nitrogens with zero attached hydrogens (tertiary/aromatic N) is 2. The van der Waals surface area contributed by atoms with Gasteiger partial charge in [-0.15, -0.1) is 11.3 Å². The van der Waals surface area contributed by atoms with Crippen molar-refractivity contribution in [2.75, 3.05) is 0 Å². The molecule has 13 heavy (non-hydrogen) atoms. The van der Waals surface area contributed by atoms with Crippen molar-refractivity contribution in [3.63, 3.8) is 0 Å². The summed E-state index contributed by atoms with van der Waals surface area (Å²) in [5.74, 6) is 0. The highest BCUT2D eigenvalue weighted by atomic mass is 32.1. The average molecular weight is 185 g/mol. The lowest BCUT2D eigenvalue weighted by Crippen LogP contribution is -1.78. The molecule has 0 atom stereocenters. The van der Waals surface area contributed by atoms with Crippen molar-refractivity contribution in [2.24, 2.45) is 0 Å². The highest BCUT2D eigenvalue weighted by Crippen LogP contribution is 2.24. The molecule has 0 bridgehead atoms. The van der Waals surface area contributed by atoms with E-state index in [0.29, 0.717) is 0 Å². The van der Waals surface area contributed by atoms with Crippen LogP contribution in [0.4, 0.5) is 0 Å². The molecule has 1 aromatic carbocycles. The van der Waals surface area contributed by atoms with Gasteiger partial charge < -0.3 is 0 Å². The van der Waals surface area contributed by atoms with Crippen molar-refractivity contribution in [1.82, 2.24) is 9.97 Å². The summed E-state index contributed by atoms with van der Waals surface area (Å²) in [6, 6.07) is 8.11. The Bertz CT molecular complexity index is 571. The topological polar surface area (TPSA) is 25.8 Å². The molecular weight excluding hydrogens is 180 g/mol. The van der Waals surface area contributed by atoms with Crippen LogP contribution in [-0.2, 0) is 0 Å². The van der Waals surface area contributed by atoms with Crippen LogP contribution in [-0.4, -0.2) is 9.97 Å². The Kier molecular flexibility index (Phi) is 1.34. The summed E-state index contributed by atoms with van der Waals surface area (Å²) in [7, 11) is 0. The number of rotatable bonds is 0. The smallest absolute Gasteiger partial charge is 0.153 e. The SMILES string of the molecule is [c]1nc2c(ccc3cccnc32)s1. The van der Waals surface area contributed by atoms with Gasteiger partial charge in [-0.3, -0.25) is 4.98 Å². The van der Waals surface area contributed by atoms with Crippen LogP contribution in [0.25, 0.3) is 21.1 Å². The second kappa shape index (κ2) is 2.50. The maximum absolute atomic E-state index is 4.31. The van der Waals surface area contributed by atoms with Gasteiger partial charge in [0.05, 0.1) is 10.2 Å². The molecule has 2 aromatic heterocycles. The van der Waals surface area contributed by atoms with Crippen LogP contribution in [0.3, 0.4) is 0 Å². The Morgan fingerprint density at radius 1 is 1.15 bits per heavy atom. The molecule has 0 unspecified atom stereocenters. The zero-order valence-corrected chi connectivity index (χ0v) is 7.51. The summed E-state index contributed by atoms with van der Waals surface area (Å²) in [6.45, 7) is 0. The van der Waals surface area contributed by atoms with E-state index in [2.05, 4.69) is 27.6 Å². The van der Waals surface area contributed by atoms with Gasteiger partial charge in [0.25, 0.3) is 0 Å². The fourth-order valence-electron chi connectivity index (χ4n) is 1.42. The summed E-state index contributed by atoms with van der Waals surface area (Å²) in [6.07, 6.45) is 1.79. The third-order valence-corrected chi connectivity index (χ3v) is 2.76. The van der Waals surface area contributed by atoms with Gasteiger partial charge in [-0.2, -0.15) is 0 Å². The summed E-state index contributed by atoms with van der Waals surface area (Å²) >= 11 is 1.53. The lowest BCUT2D eigenvalue weighted by Gasteiger charge is -1.95. The number of hydrogen-bond donors (Lipinski definition) is 0. The minimum absolute atomic E-state index is 0.961. The molecule has 2 nitrogen and oxygen atoms in total. The third kappa shape index (κ3) is 0.939. The van der Waals surface area contributed by atoms with E-state index in [1.165, 1.54) is 11.3 Å². The van der Waals surface area contributed by atoms with Gasteiger partial charge in [0, 0.05) is 11.6 Å². The van der Waals surface area contributed by atoms with Gasteiger partial charge in [0.15, 0.2) is 5.51 Å². The molecule has 0 amide bonds.